The third kappa shape index (κ3) is 2.94. The van der Waals surface area contributed by atoms with Crippen LogP contribution < -0.4 is 20.1 Å². The predicted molar refractivity (Wildman–Crippen MR) is 103 cm³/mol. The van der Waals surface area contributed by atoms with Crippen molar-refractivity contribution in [1.29, 1.82) is 0 Å². The van der Waals surface area contributed by atoms with Gasteiger partial charge in [-0.25, -0.2) is 0 Å². The lowest BCUT2D eigenvalue weighted by Gasteiger charge is -2.27. The smallest absolute Gasteiger partial charge is 0.256 e. The zero-order chi connectivity index (χ0) is 18.1. The molecule has 0 bridgehead atoms. The fourth-order valence-corrected chi connectivity index (χ4v) is 4.89. The molecule has 2 aromatic rings. The van der Waals surface area contributed by atoms with Gasteiger partial charge in [-0.1, -0.05) is 18.7 Å². The lowest BCUT2D eigenvalue weighted by atomic mass is 9.94. The Morgan fingerprint density at radius 2 is 2.12 bits per heavy atom. The van der Waals surface area contributed by atoms with E-state index < -0.39 is 0 Å². The normalized spacial score (nSPS) is 18.2. The molecule has 2 aliphatic rings. The second-order valence-corrected chi connectivity index (χ2v) is 7.58. The van der Waals surface area contributed by atoms with E-state index in [1.54, 1.807) is 24.5 Å². The molecule has 26 heavy (non-hydrogen) atoms. The number of thiophene rings is 1. The number of fused-ring (bicyclic) bond motifs is 3. The SMILES string of the molecule is C=CCOc1ccc(C2NC(=O)c3c(sc4c3CCCC4)N2)cc1OC. The highest BCUT2D eigenvalue weighted by Gasteiger charge is 2.32. The van der Waals surface area contributed by atoms with Crippen molar-refractivity contribution in [2.75, 3.05) is 19.0 Å². The summed E-state index contributed by atoms with van der Waals surface area (Å²) in [5.41, 5.74) is 3.02. The number of carbonyl (C=O) groups is 1. The molecular weight excluding hydrogens is 348 g/mol. The van der Waals surface area contributed by atoms with E-state index in [1.165, 1.54) is 16.9 Å². The maximum absolute atomic E-state index is 12.8. The molecular formula is C20H22N2O3S. The summed E-state index contributed by atoms with van der Waals surface area (Å²) >= 11 is 1.73. The molecule has 0 spiro atoms. The van der Waals surface area contributed by atoms with Crippen LogP contribution in [0.4, 0.5) is 5.00 Å². The monoisotopic (exact) mass is 370 g/mol. The van der Waals surface area contributed by atoms with Crippen LogP contribution in [0.1, 0.15) is 45.4 Å². The first-order valence-corrected chi connectivity index (χ1v) is 9.66. The van der Waals surface area contributed by atoms with Crippen LogP contribution >= 0.6 is 11.3 Å². The van der Waals surface area contributed by atoms with Crippen LogP contribution in [0.25, 0.3) is 0 Å². The number of hydrogen-bond donors (Lipinski definition) is 2. The van der Waals surface area contributed by atoms with Crippen molar-refractivity contribution in [3.05, 3.63) is 52.4 Å². The second kappa shape index (κ2) is 7.03. The number of nitrogens with one attached hydrogen (secondary N) is 2. The van der Waals surface area contributed by atoms with Gasteiger partial charge in [-0.2, -0.15) is 0 Å². The highest BCUT2D eigenvalue weighted by atomic mass is 32.1. The van der Waals surface area contributed by atoms with Gasteiger partial charge >= 0.3 is 0 Å². The number of anilines is 1. The average Bonchev–Trinajstić information content (AvgIpc) is 3.05. The number of methoxy groups -OCH3 is 1. The van der Waals surface area contributed by atoms with Crippen molar-refractivity contribution in [3.8, 4) is 11.5 Å². The van der Waals surface area contributed by atoms with E-state index in [0.717, 1.165) is 35.4 Å². The Bertz CT molecular complexity index is 859. The minimum atomic E-state index is -0.280. The molecule has 1 amide bonds. The molecule has 5 nitrogen and oxygen atoms in total. The highest BCUT2D eigenvalue weighted by Crippen LogP contribution is 2.42. The van der Waals surface area contributed by atoms with Crippen LogP contribution in [0, 0.1) is 0 Å². The Balaban J connectivity index is 1.62. The van der Waals surface area contributed by atoms with Gasteiger partial charge in [0.25, 0.3) is 5.91 Å². The van der Waals surface area contributed by atoms with Crippen LogP contribution in [0.2, 0.25) is 0 Å². The molecule has 0 radical (unpaired) electrons. The molecule has 0 saturated carbocycles. The maximum atomic E-state index is 12.8. The summed E-state index contributed by atoms with van der Waals surface area (Å²) in [6.07, 6.45) is 5.87. The van der Waals surface area contributed by atoms with Gasteiger partial charge in [0.05, 0.1) is 12.7 Å². The first-order valence-electron chi connectivity index (χ1n) is 8.85. The molecule has 0 fully saturated rings. The van der Waals surface area contributed by atoms with E-state index in [1.807, 2.05) is 18.2 Å². The molecule has 136 valence electrons. The summed E-state index contributed by atoms with van der Waals surface area (Å²) in [4.78, 5) is 14.1. The van der Waals surface area contributed by atoms with Crippen molar-refractivity contribution >= 4 is 22.2 Å². The van der Waals surface area contributed by atoms with Crippen LogP contribution in [0.3, 0.4) is 0 Å². The highest BCUT2D eigenvalue weighted by molar-refractivity contribution is 7.16. The minimum absolute atomic E-state index is 0.00843. The summed E-state index contributed by atoms with van der Waals surface area (Å²) in [5, 5.41) is 7.55. The van der Waals surface area contributed by atoms with Crippen LogP contribution in [-0.2, 0) is 12.8 Å². The van der Waals surface area contributed by atoms with Gasteiger partial charge in [-0.15, -0.1) is 11.3 Å². The van der Waals surface area contributed by atoms with Crippen LogP contribution in [-0.4, -0.2) is 19.6 Å². The zero-order valence-corrected chi connectivity index (χ0v) is 15.6. The largest absolute Gasteiger partial charge is 0.493 e. The molecule has 1 aliphatic heterocycles. The van der Waals surface area contributed by atoms with Crippen molar-refractivity contribution in [2.24, 2.45) is 0 Å². The maximum Gasteiger partial charge on any atom is 0.256 e. The quantitative estimate of drug-likeness (QED) is 0.780. The number of ether oxygens (including phenoxy) is 2. The number of aryl methyl sites for hydroxylation is 1. The molecule has 4 rings (SSSR count). The predicted octanol–water partition coefficient (Wildman–Crippen LogP) is 4.05. The summed E-state index contributed by atoms with van der Waals surface area (Å²) in [7, 11) is 1.61. The standard InChI is InChI=1S/C20H22N2O3S/c1-3-10-25-14-9-8-12(11-15(14)24-2)18-21-19(23)17-13-6-4-5-7-16(13)26-20(17)22-18/h3,8-9,11,18,22H,1,4-7,10H2,2H3,(H,21,23). The second-order valence-electron chi connectivity index (χ2n) is 6.48. The summed E-state index contributed by atoms with van der Waals surface area (Å²) in [6, 6.07) is 5.70. The molecule has 1 aromatic heterocycles. The molecule has 2 N–H and O–H groups in total. The van der Waals surface area contributed by atoms with E-state index in [4.69, 9.17) is 9.47 Å². The Kier molecular flexibility index (Phi) is 4.59. The summed E-state index contributed by atoms with van der Waals surface area (Å²) in [5.74, 6) is 1.30. The Morgan fingerprint density at radius 3 is 2.92 bits per heavy atom. The Hall–Kier alpha value is -2.47. The topological polar surface area (TPSA) is 59.6 Å². The van der Waals surface area contributed by atoms with Gasteiger partial charge in [0, 0.05) is 4.88 Å². The fourth-order valence-electron chi connectivity index (χ4n) is 3.58. The lowest BCUT2D eigenvalue weighted by Crippen LogP contribution is -2.38. The van der Waals surface area contributed by atoms with Crippen molar-refractivity contribution in [3.63, 3.8) is 0 Å². The van der Waals surface area contributed by atoms with E-state index >= 15 is 0 Å². The van der Waals surface area contributed by atoms with Gasteiger partial charge in [0.2, 0.25) is 0 Å². The first kappa shape index (κ1) is 17.0. The molecule has 2 heterocycles. The fraction of sp³-hybridized carbons (Fsp3) is 0.350. The molecule has 1 aliphatic carbocycles. The Labute approximate surface area is 157 Å². The molecule has 1 unspecified atom stereocenters. The van der Waals surface area contributed by atoms with Gasteiger partial charge in [0.15, 0.2) is 11.5 Å². The van der Waals surface area contributed by atoms with E-state index in [0.29, 0.717) is 18.1 Å². The number of amides is 1. The van der Waals surface area contributed by atoms with E-state index in [9.17, 15) is 4.79 Å². The number of carbonyl (C=O) groups excluding carboxylic acids is 1. The molecule has 1 atom stereocenters. The lowest BCUT2D eigenvalue weighted by molar-refractivity contribution is 0.0935. The van der Waals surface area contributed by atoms with Gasteiger partial charge in [-0.05, 0) is 48.9 Å². The number of benzene rings is 1. The third-order valence-corrected chi connectivity index (χ3v) is 6.05. The summed E-state index contributed by atoms with van der Waals surface area (Å²) in [6.45, 7) is 4.07. The van der Waals surface area contributed by atoms with Gasteiger partial charge in [-0.3, -0.25) is 4.79 Å². The molecule has 6 heteroatoms. The molecule has 1 aromatic carbocycles. The zero-order valence-electron chi connectivity index (χ0n) is 14.8. The van der Waals surface area contributed by atoms with Crippen LogP contribution in [0.15, 0.2) is 30.9 Å². The van der Waals surface area contributed by atoms with Crippen molar-refractivity contribution in [2.45, 2.75) is 31.8 Å². The van der Waals surface area contributed by atoms with E-state index in [2.05, 4.69) is 17.2 Å². The molecule has 0 saturated heterocycles. The van der Waals surface area contributed by atoms with E-state index in [-0.39, 0.29) is 12.1 Å². The van der Waals surface area contributed by atoms with Crippen molar-refractivity contribution < 1.29 is 14.3 Å². The third-order valence-electron chi connectivity index (χ3n) is 4.83. The number of hydrogen-bond acceptors (Lipinski definition) is 5. The first-order chi connectivity index (χ1) is 12.7. The number of rotatable bonds is 5. The minimum Gasteiger partial charge on any atom is -0.493 e. The average molecular weight is 370 g/mol. The van der Waals surface area contributed by atoms with Gasteiger partial charge in [0.1, 0.15) is 17.8 Å². The van der Waals surface area contributed by atoms with Gasteiger partial charge < -0.3 is 20.1 Å². The van der Waals surface area contributed by atoms with Crippen LogP contribution in [0.5, 0.6) is 11.5 Å². The Morgan fingerprint density at radius 1 is 1.27 bits per heavy atom. The summed E-state index contributed by atoms with van der Waals surface area (Å²) < 4.78 is 11.0. The van der Waals surface area contributed by atoms with Crippen molar-refractivity contribution in [1.82, 2.24) is 5.32 Å².